The zero-order valence-corrected chi connectivity index (χ0v) is 19.5. The van der Waals surface area contributed by atoms with E-state index in [0.29, 0.717) is 33.5 Å². The molecule has 7 nitrogen and oxygen atoms in total. The molecule has 0 spiro atoms. The van der Waals surface area contributed by atoms with E-state index in [2.05, 4.69) is 5.32 Å². The van der Waals surface area contributed by atoms with Crippen molar-refractivity contribution in [2.24, 2.45) is 0 Å². The van der Waals surface area contributed by atoms with Gasteiger partial charge in [-0.1, -0.05) is 48.0 Å². The van der Waals surface area contributed by atoms with Gasteiger partial charge < -0.3 is 24.3 Å². The monoisotopic (exact) mass is 481 g/mol. The summed E-state index contributed by atoms with van der Waals surface area (Å²) in [6, 6.07) is 19.2. The Bertz CT molecular complexity index is 1160. The number of rotatable bonds is 10. The highest BCUT2D eigenvalue weighted by atomic mass is 35.5. The second-order valence-corrected chi connectivity index (χ2v) is 7.40. The summed E-state index contributed by atoms with van der Waals surface area (Å²) in [5.74, 6) is 0.139. The molecule has 0 unspecified atom stereocenters. The van der Waals surface area contributed by atoms with Crippen LogP contribution in [0.5, 0.6) is 17.2 Å². The van der Waals surface area contributed by atoms with Gasteiger partial charge in [-0.05, 0) is 48.0 Å². The van der Waals surface area contributed by atoms with Gasteiger partial charge in [0.25, 0.3) is 5.91 Å². The van der Waals surface area contributed by atoms with E-state index >= 15 is 0 Å². The average molecular weight is 482 g/mol. The lowest BCUT2D eigenvalue weighted by atomic mass is 10.2. The molecular formula is C26H24ClNO6. The molecule has 0 aliphatic heterocycles. The first-order valence-corrected chi connectivity index (χ1v) is 10.7. The zero-order chi connectivity index (χ0) is 24.3. The summed E-state index contributed by atoms with van der Waals surface area (Å²) < 4.78 is 21.4. The van der Waals surface area contributed by atoms with Crippen LogP contribution in [0.15, 0.2) is 72.8 Å². The van der Waals surface area contributed by atoms with Crippen molar-refractivity contribution in [3.8, 4) is 17.2 Å². The maximum atomic E-state index is 12.4. The Hall–Kier alpha value is -3.97. The smallest absolute Gasteiger partial charge is 0.338 e. The molecule has 0 fully saturated rings. The van der Waals surface area contributed by atoms with E-state index in [-0.39, 0.29) is 13.2 Å². The van der Waals surface area contributed by atoms with Gasteiger partial charge in [0.05, 0.1) is 25.5 Å². The van der Waals surface area contributed by atoms with Crippen LogP contribution in [-0.4, -0.2) is 39.3 Å². The first-order chi connectivity index (χ1) is 16.5. The normalized spacial score (nSPS) is 10.6. The number of anilines is 1. The number of ether oxygens (including phenoxy) is 4. The molecule has 1 N–H and O–H groups in total. The second kappa shape index (κ2) is 12.3. The number of hydrogen-bond acceptors (Lipinski definition) is 6. The van der Waals surface area contributed by atoms with Crippen LogP contribution in [0.2, 0.25) is 5.02 Å². The summed E-state index contributed by atoms with van der Waals surface area (Å²) in [6.45, 7) is -0.165. The van der Waals surface area contributed by atoms with Gasteiger partial charge in [-0.3, -0.25) is 4.79 Å². The average Bonchev–Trinajstić information content (AvgIpc) is 2.86. The van der Waals surface area contributed by atoms with Crippen molar-refractivity contribution >= 4 is 35.2 Å². The number of carbonyl (C=O) groups is 2. The van der Waals surface area contributed by atoms with Crippen LogP contribution in [0.1, 0.15) is 15.9 Å². The molecule has 0 atom stereocenters. The van der Waals surface area contributed by atoms with Gasteiger partial charge in [-0.2, -0.15) is 0 Å². The van der Waals surface area contributed by atoms with E-state index in [0.717, 1.165) is 5.56 Å². The van der Waals surface area contributed by atoms with Crippen LogP contribution in [0.4, 0.5) is 5.69 Å². The zero-order valence-electron chi connectivity index (χ0n) is 18.7. The lowest BCUT2D eigenvalue weighted by Crippen LogP contribution is -2.20. The molecule has 0 bridgehead atoms. The van der Waals surface area contributed by atoms with Crippen molar-refractivity contribution in [1.29, 1.82) is 0 Å². The van der Waals surface area contributed by atoms with Crippen LogP contribution in [0, 0.1) is 0 Å². The Kier molecular flexibility index (Phi) is 8.94. The van der Waals surface area contributed by atoms with Crippen LogP contribution in [0.25, 0.3) is 6.08 Å². The molecule has 34 heavy (non-hydrogen) atoms. The number of methoxy groups -OCH3 is 2. The minimum absolute atomic E-state index is 0.126. The fourth-order valence-electron chi connectivity index (χ4n) is 2.98. The summed E-state index contributed by atoms with van der Waals surface area (Å²) in [4.78, 5) is 24.7. The molecular weight excluding hydrogens is 458 g/mol. The number of carbonyl (C=O) groups excluding carboxylic acids is 2. The molecule has 3 rings (SSSR count). The SMILES string of the molecule is COc1ccc(Cl)cc1NC(=O)COc1ccc(C(=O)OC/C=C/c2ccccc2)cc1OC. The summed E-state index contributed by atoms with van der Waals surface area (Å²) in [5, 5.41) is 3.14. The highest BCUT2D eigenvalue weighted by Crippen LogP contribution is 2.29. The van der Waals surface area contributed by atoms with Gasteiger partial charge in [-0.25, -0.2) is 4.79 Å². The molecule has 0 aromatic heterocycles. The predicted octanol–water partition coefficient (Wildman–Crippen LogP) is 5.24. The van der Waals surface area contributed by atoms with Crippen LogP contribution >= 0.6 is 11.6 Å². The van der Waals surface area contributed by atoms with E-state index in [9.17, 15) is 9.59 Å². The number of halogens is 1. The van der Waals surface area contributed by atoms with E-state index < -0.39 is 11.9 Å². The van der Waals surface area contributed by atoms with E-state index in [1.807, 2.05) is 36.4 Å². The third kappa shape index (κ3) is 7.02. The van der Waals surface area contributed by atoms with Crippen molar-refractivity contribution in [3.63, 3.8) is 0 Å². The van der Waals surface area contributed by atoms with Gasteiger partial charge in [-0.15, -0.1) is 0 Å². The maximum absolute atomic E-state index is 12.4. The van der Waals surface area contributed by atoms with Crippen molar-refractivity contribution in [1.82, 2.24) is 0 Å². The molecule has 0 saturated heterocycles. The largest absolute Gasteiger partial charge is 0.495 e. The van der Waals surface area contributed by atoms with Gasteiger partial charge in [0.1, 0.15) is 12.4 Å². The van der Waals surface area contributed by atoms with Crippen molar-refractivity contribution in [3.05, 3.63) is 89.0 Å². The molecule has 1 amide bonds. The summed E-state index contributed by atoms with van der Waals surface area (Å²) >= 11 is 5.98. The molecule has 3 aromatic carbocycles. The van der Waals surface area contributed by atoms with Crippen LogP contribution in [-0.2, 0) is 9.53 Å². The van der Waals surface area contributed by atoms with E-state index in [1.54, 1.807) is 36.4 Å². The summed E-state index contributed by atoms with van der Waals surface area (Å²) in [6.07, 6.45) is 3.63. The van der Waals surface area contributed by atoms with Crippen LogP contribution < -0.4 is 19.5 Å². The van der Waals surface area contributed by atoms with Crippen molar-refractivity contribution in [2.45, 2.75) is 0 Å². The topological polar surface area (TPSA) is 83.1 Å². The predicted molar refractivity (Wildman–Crippen MR) is 131 cm³/mol. The minimum Gasteiger partial charge on any atom is -0.495 e. The molecule has 176 valence electrons. The molecule has 3 aromatic rings. The van der Waals surface area contributed by atoms with Gasteiger partial charge in [0.15, 0.2) is 18.1 Å². The Balaban J connectivity index is 1.56. The standard InChI is InChI=1S/C26H24ClNO6/c1-31-22-13-11-20(27)16-21(22)28-25(29)17-34-23-12-10-19(15-24(23)32-2)26(30)33-14-6-9-18-7-4-3-5-8-18/h3-13,15-16H,14,17H2,1-2H3,(H,28,29)/b9-6+. The van der Waals surface area contributed by atoms with E-state index in [1.165, 1.54) is 20.3 Å². The fraction of sp³-hybridized carbons (Fsp3) is 0.154. The number of esters is 1. The number of benzene rings is 3. The lowest BCUT2D eigenvalue weighted by Gasteiger charge is -2.13. The molecule has 0 radical (unpaired) electrons. The Labute approximate surface area is 202 Å². The van der Waals surface area contributed by atoms with Gasteiger partial charge >= 0.3 is 5.97 Å². The Morgan fingerprint density at radius 1 is 0.912 bits per heavy atom. The summed E-state index contributed by atoms with van der Waals surface area (Å²) in [5.41, 5.74) is 1.74. The Morgan fingerprint density at radius 3 is 2.38 bits per heavy atom. The number of amides is 1. The first kappa shape index (κ1) is 24.7. The third-order valence-electron chi connectivity index (χ3n) is 4.61. The number of nitrogens with one attached hydrogen (secondary N) is 1. The molecule has 0 saturated carbocycles. The number of hydrogen-bond donors (Lipinski definition) is 1. The lowest BCUT2D eigenvalue weighted by molar-refractivity contribution is -0.118. The van der Waals surface area contributed by atoms with Crippen molar-refractivity contribution in [2.75, 3.05) is 32.8 Å². The minimum atomic E-state index is -0.506. The van der Waals surface area contributed by atoms with Gasteiger partial charge in [0.2, 0.25) is 0 Å². The molecule has 0 heterocycles. The quantitative estimate of drug-likeness (QED) is 0.398. The fourth-order valence-corrected chi connectivity index (χ4v) is 3.15. The second-order valence-electron chi connectivity index (χ2n) is 6.96. The maximum Gasteiger partial charge on any atom is 0.338 e. The molecule has 0 aliphatic rings. The Morgan fingerprint density at radius 2 is 1.65 bits per heavy atom. The highest BCUT2D eigenvalue weighted by Gasteiger charge is 2.14. The van der Waals surface area contributed by atoms with Crippen molar-refractivity contribution < 1.29 is 28.5 Å². The summed E-state index contributed by atoms with van der Waals surface area (Å²) in [7, 11) is 2.93. The third-order valence-corrected chi connectivity index (χ3v) is 4.85. The molecule has 8 heteroatoms. The first-order valence-electron chi connectivity index (χ1n) is 10.3. The highest BCUT2D eigenvalue weighted by molar-refractivity contribution is 6.31. The van der Waals surface area contributed by atoms with Gasteiger partial charge in [0, 0.05) is 5.02 Å². The van der Waals surface area contributed by atoms with Crippen LogP contribution in [0.3, 0.4) is 0 Å². The molecule has 0 aliphatic carbocycles. The van der Waals surface area contributed by atoms with E-state index in [4.69, 9.17) is 30.5 Å².